The second kappa shape index (κ2) is 8.55. The molecule has 9 heteroatoms. The van der Waals surface area contributed by atoms with Crippen molar-refractivity contribution in [1.29, 1.82) is 0 Å². The molecule has 0 unspecified atom stereocenters. The van der Waals surface area contributed by atoms with Crippen LogP contribution in [0.1, 0.15) is 5.56 Å². The maximum absolute atomic E-state index is 6.26. The molecule has 4 heterocycles. The molecule has 2 aromatic carbocycles. The van der Waals surface area contributed by atoms with Crippen LogP contribution in [0.2, 0.25) is 5.02 Å². The summed E-state index contributed by atoms with van der Waals surface area (Å²) in [5, 5.41) is 5.49. The number of aryl methyl sites for hydroxylation is 1. The zero-order valence-corrected chi connectivity index (χ0v) is 19.4. The molecule has 3 aromatic heterocycles. The predicted molar refractivity (Wildman–Crippen MR) is 132 cm³/mol. The van der Waals surface area contributed by atoms with Crippen LogP contribution in [0.3, 0.4) is 0 Å². The summed E-state index contributed by atoms with van der Waals surface area (Å²) < 4.78 is 9.24. The maximum atomic E-state index is 6.26. The van der Waals surface area contributed by atoms with Gasteiger partial charge in [0.1, 0.15) is 6.33 Å². The summed E-state index contributed by atoms with van der Waals surface area (Å²) in [4.78, 5) is 16.6. The summed E-state index contributed by atoms with van der Waals surface area (Å²) in [6.07, 6.45) is 3.67. The molecule has 0 atom stereocenters. The van der Waals surface area contributed by atoms with Gasteiger partial charge in [0.05, 0.1) is 24.6 Å². The lowest BCUT2D eigenvalue weighted by atomic mass is 10.1. The van der Waals surface area contributed by atoms with Crippen LogP contribution in [-0.2, 0) is 4.74 Å². The topological polar surface area (TPSA) is 73.9 Å². The number of ether oxygens (including phenoxy) is 1. The Morgan fingerprint density at radius 2 is 1.82 bits per heavy atom. The van der Waals surface area contributed by atoms with Gasteiger partial charge in [0.15, 0.2) is 17.0 Å². The van der Waals surface area contributed by atoms with Crippen molar-refractivity contribution in [3.63, 3.8) is 0 Å². The molecule has 0 aliphatic carbocycles. The van der Waals surface area contributed by atoms with Crippen molar-refractivity contribution in [2.24, 2.45) is 0 Å². The molecular formula is C25H22ClN7O. The number of rotatable bonds is 4. The van der Waals surface area contributed by atoms with Crippen LogP contribution in [0.25, 0.3) is 33.9 Å². The molecule has 1 fully saturated rings. The molecule has 5 aromatic rings. The van der Waals surface area contributed by atoms with E-state index in [0.29, 0.717) is 41.2 Å². The van der Waals surface area contributed by atoms with E-state index in [-0.39, 0.29) is 0 Å². The molecule has 0 N–H and O–H groups in total. The highest BCUT2D eigenvalue weighted by Crippen LogP contribution is 2.27. The van der Waals surface area contributed by atoms with Gasteiger partial charge < -0.3 is 9.64 Å². The molecule has 1 aliphatic rings. The van der Waals surface area contributed by atoms with Gasteiger partial charge in [-0.05, 0) is 37.3 Å². The van der Waals surface area contributed by atoms with Crippen molar-refractivity contribution < 1.29 is 4.74 Å². The van der Waals surface area contributed by atoms with Crippen molar-refractivity contribution in [3.05, 3.63) is 77.7 Å². The Balaban J connectivity index is 1.52. The van der Waals surface area contributed by atoms with E-state index in [1.54, 1.807) is 11.0 Å². The minimum absolute atomic E-state index is 0.627. The third-order valence-electron chi connectivity index (χ3n) is 5.87. The van der Waals surface area contributed by atoms with Gasteiger partial charge in [-0.15, -0.1) is 0 Å². The second-order valence-corrected chi connectivity index (χ2v) is 8.66. The Labute approximate surface area is 201 Å². The molecule has 170 valence electrons. The molecule has 0 spiro atoms. The number of imidazole rings is 1. The fraction of sp³-hybridized carbons (Fsp3) is 0.200. The maximum Gasteiger partial charge on any atom is 0.229 e. The van der Waals surface area contributed by atoms with Gasteiger partial charge in [-0.25, -0.2) is 9.67 Å². The van der Waals surface area contributed by atoms with Gasteiger partial charge in [0, 0.05) is 29.9 Å². The van der Waals surface area contributed by atoms with Gasteiger partial charge in [0.25, 0.3) is 0 Å². The lowest BCUT2D eigenvalue weighted by Crippen LogP contribution is -2.37. The average Bonchev–Trinajstić information content (AvgIpc) is 3.52. The fourth-order valence-corrected chi connectivity index (χ4v) is 4.34. The number of anilines is 1. The average molecular weight is 472 g/mol. The molecular weight excluding hydrogens is 450 g/mol. The Kier molecular flexibility index (Phi) is 5.24. The molecule has 0 amide bonds. The number of hydrogen-bond acceptors (Lipinski definition) is 6. The van der Waals surface area contributed by atoms with Crippen LogP contribution >= 0.6 is 11.6 Å². The SMILES string of the molecule is Cc1cccc(-c2ccn(-c3nc(N4CCOCC4)nc4c3ncn4-c3cccc(Cl)c3)n2)c1. The molecule has 6 rings (SSSR count). The summed E-state index contributed by atoms with van der Waals surface area (Å²) in [6, 6.07) is 17.9. The number of nitrogens with zero attached hydrogens (tertiary/aromatic N) is 7. The van der Waals surface area contributed by atoms with Crippen molar-refractivity contribution in [2.45, 2.75) is 6.92 Å². The standard InChI is InChI=1S/C25H22ClN7O/c1-17-4-2-5-18(14-17)21-8-9-33(30-21)24-22-23(28-25(29-24)31-10-12-34-13-11-31)32(16-27-22)20-7-3-6-19(26)15-20/h2-9,14-16H,10-13H2,1H3. The number of aromatic nitrogens is 6. The quantitative estimate of drug-likeness (QED) is 0.385. The largest absolute Gasteiger partial charge is 0.378 e. The molecule has 1 aliphatic heterocycles. The van der Waals surface area contributed by atoms with E-state index in [1.807, 2.05) is 47.2 Å². The van der Waals surface area contributed by atoms with Gasteiger partial charge in [0.2, 0.25) is 5.95 Å². The lowest BCUT2D eigenvalue weighted by molar-refractivity contribution is 0.122. The third-order valence-corrected chi connectivity index (χ3v) is 6.10. The Morgan fingerprint density at radius 3 is 2.65 bits per heavy atom. The zero-order chi connectivity index (χ0) is 23.1. The summed E-state index contributed by atoms with van der Waals surface area (Å²) >= 11 is 6.26. The van der Waals surface area contributed by atoms with Crippen molar-refractivity contribution in [2.75, 3.05) is 31.2 Å². The van der Waals surface area contributed by atoms with Crippen LogP contribution < -0.4 is 4.90 Å². The van der Waals surface area contributed by atoms with Crippen LogP contribution in [-0.4, -0.2) is 55.6 Å². The molecule has 0 radical (unpaired) electrons. The van der Waals surface area contributed by atoms with Gasteiger partial charge in [-0.1, -0.05) is 41.4 Å². The van der Waals surface area contributed by atoms with Gasteiger partial charge in [-0.2, -0.15) is 15.1 Å². The van der Waals surface area contributed by atoms with Gasteiger partial charge in [-0.3, -0.25) is 4.57 Å². The molecule has 0 bridgehead atoms. The van der Waals surface area contributed by atoms with Crippen molar-refractivity contribution >= 4 is 28.7 Å². The van der Waals surface area contributed by atoms with E-state index in [9.17, 15) is 0 Å². The van der Waals surface area contributed by atoms with E-state index in [2.05, 4.69) is 35.0 Å². The normalized spacial score (nSPS) is 14.1. The molecule has 8 nitrogen and oxygen atoms in total. The highest BCUT2D eigenvalue weighted by molar-refractivity contribution is 6.30. The zero-order valence-electron chi connectivity index (χ0n) is 18.6. The summed E-state index contributed by atoms with van der Waals surface area (Å²) in [6.45, 7) is 4.81. The van der Waals surface area contributed by atoms with E-state index in [0.717, 1.165) is 30.0 Å². The lowest BCUT2D eigenvalue weighted by Gasteiger charge is -2.27. The highest BCUT2D eigenvalue weighted by Gasteiger charge is 2.21. The number of fused-ring (bicyclic) bond motifs is 1. The Bertz CT molecular complexity index is 1490. The first kappa shape index (κ1) is 20.8. The minimum atomic E-state index is 0.627. The Hall–Kier alpha value is -3.75. The molecule has 1 saturated heterocycles. The van der Waals surface area contributed by atoms with E-state index in [1.165, 1.54) is 5.56 Å². The smallest absolute Gasteiger partial charge is 0.229 e. The third kappa shape index (κ3) is 3.81. The first-order chi connectivity index (χ1) is 16.7. The minimum Gasteiger partial charge on any atom is -0.378 e. The summed E-state index contributed by atoms with van der Waals surface area (Å²) in [5.74, 6) is 1.26. The molecule has 0 saturated carbocycles. The van der Waals surface area contributed by atoms with E-state index >= 15 is 0 Å². The van der Waals surface area contributed by atoms with Crippen LogP contribution in [0, 0.1) is 6.92 Å². The van der Waals surface area contributed by atoms with E-state index < -0.39 is 0 Å². The first-order valence-corrected chi connectivity index (χ1v) is 11.5. The van der Waals surface area contributed by atoms with Crippen LogP contribution in [0.5, 0.6) is 0 Å². The summed E-state index contributed by atoms with van der Waals surface area (Å²) in [7, 11) is 0. The first-order valence-electron chi connectivity index (χ1n) is 11.1. The van der Waals surface area contributed by atoms with E-state index in [4.69, 9.17) is 31.4 Å². The van der Waals surface area contributed by atoms with Crippen LogP contribution in [0.15, 0.2) is 67.1 Å². The molecule has 34 heavy (non-hydrogen) atoms. The number of hydrogen-bond donors (Lipinski definition) is 0. The van der Waals surface area contributed by atoms with Gasteiger partial charge >= 0.3 is 0 Å². The monoisotopic (exact) mass is 471 g/mol. The Morgan fingerprint density at radius 1 is 0.971 bits per heavy atom. The number of halogens is 1. The van der Waals surface area contributed by atoms with Crippen molar-refractivity contribution in [3.8, 4) is 22.8 Å². The van der Waals surface area contributed by atoms with Crippen molar-refractivity contribution in [1.82, 2.24) is 29.3 Å². The highest BCUT2D eigenvalue weighted by atomic mass is 35.5. The predicted octanol–water partition coefficient (Wildman–Crippen LogP) is 4.47. The number of morpholine rings is 1. The fourth-order valence-electron chi connectivity index (χ4n) is 4.15. The number of benzene rings is 2. The van der Waals surface area contributed by atoms with Crippen LogP contribution in [0.4, 0.5) is 5.95 Å². The second-order valence-electron chi connectivity index (χ2n) is 8.23. The summed E-state index contributed by atoms with van der Waals surface area (Å²) in [5.41, 5.74) is 5.36.